The summed E-state index contributed by atoms with van der Waals surface area (Å²) in [6, 6.07) is 0. The number of aromatic nitrogens is 2. The van der Waals surface area contributed by atoms with E-state index in [1.807, 2.05) is 0 Å². The maximum Gasteiger partial charge on any atom is 0.0697 e. The fourth-order valence-electron chi connectivity index (χ4n) is 2.63. The van der Waals surface area contributed by atoms with Crippen LogP contribution in [0.15, 0.2) is 0 Å². The Bertz CT molecular complexity index is 393. The van der Waals surface area contributed by atoms with Gasteiger partial charge in [0.05, 0.1) is 5.69 Å². The highest BCUT2D eigenvalue weighted by Gasteiger charge is 2.21. The third kappa shape index (κ3) is 2.93. The van der Waals surface area contributed by atoms with Gasteiger partial charge >= 0.3 is 0 Å². The highest BCUT2D eigenvalue weighted by Crippen LogP contribution is 2.24. The molecule has 1 aliphatic heterocycles. The van der Waals surface area contributed by atoms with E-state index < -0.39 is 0 Å². The molecule has 0 aliphatic carbocycles. The minimum atomic E-state index is 0.522. The summed E-state index contributed by atoms with van der Waals surface area (Å²) < 4.78 is 2.26. The Morgan fingerprint density at radius 1 is 1.39 bits per heavy atom. The number of hydrogen-bond acceptors (Lipinski definition) is 3. The number of nitrogens with one attached hydrogen (secondary N) is 1. The van der Waals surface area contributed by atoms with Gasteiger partial charge in [-0.2, -0.15) is 5.10 Å². The van der Waals surface area contributed by atoms with Crippen LogP contribution in [0.3, 0.4) is 0 Å². The Morgan fingerprint density at radius 3 is 2.83 bits per heavy atom. The van der Waals surface area contributed by atoms with Gasteiger partial charge < -0.3 is 10.2 Å². The predicted octanol–water partition coefficient (Wildman–Crippen LogP) is 1.60. The van der Waals surface area contributed by atoms with E-state index in [0.717, 1.165) is 32.6 Å². The Morgan fingerprint density at radius 2 is 2.17 bits per heavy atom. The van der Waals surface area contributed by atoms with E-state index in [2.05, 4.69) is 42.8 Å². The molecular weight excluding hydrogens is 224 g/mol. The topological polar surface area (TPSA) is 33.1 Å². The summed E-state index contributed by atoms with van der Waals surface area (Å²) in [5.74, 6) is 0.522. The number of nitrogens with zero attached hydrogens (tertiary/aromatic N) is 3. The van der Waals surface area contributed by atoms with Crippen molar-refractivity contribution in [2.75, 3.05) is 27.2 Å². The number of rotatable bonds is 5. The SMILES string of the molecule is CC(C)c1nn(CCCN(C)C)c2c1CNCC2. The Labute approximate surface area is 110 Å². The van der Waals surface area contributed by atoms with Crippen LogP contribution in [-0.4, -0.2) is 41.9 Å². The average Bonchev–Trinajstić information content (AvgIpc) is 2.68. The van der Waals surface area contributed by atoms with Gasteiger partial charge in [-0.25, -0.2) is 0 Å². The fraction of sp³-hybridized carbons (Fsp3) is 0.786. The maximum absolute atomic E-state index is 4.85. The zero-order valence-electron chi connectivity index (χ0n) is 12.2. The normalized spacial score (nSPS) is 15.4. The Balaban J connectivity index is 2.14. The molecule has 1 aromatic heterocycles. The second kappa shape index (κ2) is 5.85. The molecule has 0 saturated carbocycles. The zero-order chi connectivity index (χ0) is 13.1. The van der Waals surface area contributed by atoms with Crippen molar-refractivity contribution in [2.45, 2.75) is 45.7 Å². The van der Waals surface area contributed by atoms with E-state index >= 15 is 0 Å². The highest BCUT2D eigenvalue weighted by molar-refractivity contribution is 5.30. The quantitative estimate of drug-likeness (QED) is 0.862. The van der Waals surface area contributed by atoms with Gasteiger partial charge in [0.1, 0.15) is 0 Å². The maximum atomic E-state index is 4.85. The molecule has 0 bridgehead atoms. The summed E-state index contributed by atoms with van der Waals surface area (Å²) in [4.78, 5) is 2.24. The third-order valence-corrected chi connectivity index (χ3v) is 3.56. The number of aryl methyl sites for hydroxylation is 1. The summed E-state index contributed by atoms with van der Waals surface area (Å²) in [5, 5.41) is 8.31. The van der Waals surface area contributed by atoms with Crippen molar-refractivity contribution >= 4 is 0 Å². The van der Waals surface area contributed by atoms with Crippen LogP contribution in [0.4, 0.5) is 0 Å². The summed E-state index contributed by atoms with van der Waals surface area (Å²) >= 11 is 0. The molecule has 2 rings (SSSR count). The van der Waals surface area contributed by atoms with Gasteiger partial charge in [0.15, 0.2) is 0 Å². The summed E-state index contributed by atoms with van der Waals surface area (Å²) in [6.45, 7) is 8.74. The molecule has 2 heterocycles. The van der Waals surface area contributed by atoms with Crippen LogP contribution in [0, 0.1) is 0 Å². The summed E-state index contributed by atoms with van der Waals surface area (Å²) in [5.41, 5.74) is 4.22. The third-order valence-electron chi connectivity index (χ3n) is 3.56. The van der Waals surface area contributed by atoms with Crippen molar-refractivity contribution in [3.63, 3.8) is 0 Å². The first kappa shape index (κ1) is 13.6. The van der Waals surface area contributed by atoms with Crippen LogP contribution in [0.1, 0.15) is 43.1 Å². The molecular formula is C14H26N4. The molecule has 1 aliphatic rings. The molecule has 0 radical (unpaired) electrons. The smallest absolute Gasteiger partial charge is 0.0697 e. The molecule has 4 nitrogen and oxygen atoms in total. The molecule has 0 fully saturated rings. The van der Waals surface area contributed by atoms with Gasteiger partial charge in [0.2, 0.25) is 0 Å². The molecule has 0 aromatic carbocycles. The lowest BCUT2D eigenvalue weighted by Gasteiger charge is -2.16. The van der Waals surface area contributed by atoms with E-state index in [1.54, 1.807) is 0 Å². The van der Waals surface area contributed by atoms with Crippen LogP contribution in [0.25, 0.3) is 0 Å². The van der Waals surface area contributed by atoms with Gasteiger partial charge in [-0.1, -0.05) is 13.8 Å². The van der Waals surface area contributed by atoms with Gasteiger partial charge in [0.25, 0.3) is 0 Å². The van der Waals surface area contributed by atoms with Gasteiger partial charge in [0, 0.05) is 37.3 Å². The standard InChI is InChI=1S/C14H26N4/c1-11(2)14-12-10-15-7-6-13(12)18(16-14)9-5-8-17(3)4/h11,15H,5-10H2,1-4H3. The minimum Gasteiger partial charge on any atom is -0.312 e. The van der Waals surface area contributed by atoms with Crippen LogP contribution in [0.2, 0.25) is 0 Å². The first-order valence-corrected chi connectivity index (χ1v) is 7.03. The Kier molecular flexibility index (Phi) is 4.40. The van der Waals surface area contributed by atoms with Gasteiger partial charge in [-0.15, -0.1) is 0 Å². The second-order valence-electron chi connectivity index (χ2n) is 5.77. The molecule has 1 N–H and O–H groups in total. The summed E-state index contributed by atoms with van der Waals surface area (Å²) in [6.07, 6.45) is 2.29. The molecule has 102 valence electrons. The molecule has 1 aromatic rings. The van der Waals surface area contributed by atoms with E-state index in [1.165, 1.54) is 23.4 Å². The lowest BCUT2D eigenvalue weighted by Crippen LogP contribution is -2.25. The molecule has 18 heavy (non-hydrogen) atoms. The van der Waals surface area contributed by atoms with Crippen molar-refractivity contribution in [1.29, 1.82) is 0 Å². The van der Waals surface area contributed by atoms with Crippen molar-refractivity contribution in [2.24, 2.45) is 0 Å². The second-order valence-corrected chi connectivity index (χ2v) is 5.77. The molecule has 0 amide bonds. The van der Waals surface area contributed by atoms with Gasteiger partial charge in [-0.3, -0.25) is 4.68 Å². The molecule has 0 unspecified atom stereocenters. The van der Waals surface area contributed by atoms with E-state index in [0.29, 0.717) is 5.92 Å². The van der Waals surface area contributed by atoms with Crippen molar-refractivity contribution in [1.82, 2.24) is 20.0 Å². The van der Waals surface area contributed by atoms with E-state index in [4.69, 9.17) is 5.10 Å². The van der Waals surface area contributed by atoms with E-state index in [-0.39, 0.29) is 0 Å². The Hall–Kier alpha value is -0.870. The monoisotopic (exact) mass is 250 g/mol. The van der Waals surface area contributed by atoms with Crippen molar-refractivity contribution in [3.05, 3.63) is 17.0 Å². The van der Waals surface area contributed by atoms with Crippen LogP contribution >= 0.6 is 0 Å². The molecule has 0 spiro atoms. The molecule has 0 saturated heterocycles. The van der Waals surface area contributed by atoms with Crippen molar-refractivity contribution in [3.8, 4) is 0 Å². The van der Waals surface area contributed by atoms with Gasteiger partial charge in [-0.05, 0) is 33.0 Å². The molecule has 4 heteroatoms. The van der Waals surface area contributed by atoms with Crippen LogP contribution in [0.5, 0.6) is 0 Å². The minimum absolute atomic E-state index is 0.522. The summed E-state index contributed by atoms with van der Waals surface area (Å²) in [7, 11) is 4.25. The average molecular weight is 250 g/mol. The zero-order valence-corrected chi connectivity index (χ0v) is 12.2. The van der Waals surface area contributed by atoms with Crippen LogP contribution < -0.4 is 5.32 Å². The predicted molar refractivity (Wildman–Crippen MR) is 74.9 cm³/mol. The fourth-order valence-corrected chi connectivity index (χ4v) is 2.63. The molecule has 0 atom stereocenters. The largest absolute Gasteiger partial charge is 0.312 e. The van der Waals surface area contributed by atoms with Crippen molar-refractivity contribution < 1.29 is 0 Å². The highest BCUT2D eigenvalue weighted by atomic mass is 15.3. The number of fused-ring (bicyclic) bond motifs is 1. The number of hydrogen-bond donors (Lipinski definition) is 1. The first-order chi connectivity index (χ1) is 8.59. The first-order valence-electron chi connectivity index (χ1n) is 7.03. The lowest BCUT2D eigenvalue weighted by molar-refractivity contribution is 0.377. The lowest BCUT2D eigenvalue weighted by atomic mass is 10.0. The van der Waals surface area contributed by atoms with E-state index in [9.17, 15) is 0 Å². The van der Waals surface area contributed by atoms with Crippen LogP contribution in [-0.2, 0) is 19.5 Å².